The summed E-state index contributed by atoms with van der Waals surface area (Å²) in [6.45, 7) is 6.80. The van der Waals surface area contributed by atoms with Crippen LogP contribution in [-0.4, -0.2) is 56.4 Å². The van der Waals surface area contributed by atoms with E-state index in [4.69, 9.17) is 4.74 Å². The van der Waals surface area contributed by atoms with Gasteiger partial charge in [0, 0.05) is 43.3 Å². The van der Waals surface area contributed by atoms with Gasteiger partial charge in [0.1, 0.15) is 5.75 Å². The lowest BCUT2D eigenvalue weighted by Gasteiger charge is -2.34. The van der Waals surface area contributed by atoms with Crippen molar-refractivity contribution in [2.24, 2.45) is 0 Å². The number of hydrogen-bond donors (Lipinski definition) is 1. The molecule has 1 aliphatic heterocycles. The van der Waals surface area contributed by atoms with Gasteiger partial charge in [-0.2, -0.15) is 0 Å². The van der Waals surface area contributed by atoms with E-state index < -0.39 is 0 Å². The average molecular weight is 400 g/mol. The highest BCUT2D eigenvalue weighted by Gasteiger charge is 2.15. The lowest BCUT2D eigenvalue weighted by Crippen LogP contribution is -2.44. The molecule has 0 unspecified atom stereocenters. The zero-order valence-electron chi connectivity index (χ0n) is 16.9. The zero-order chi connectivity index (χ0) is 19.9. The predicted molar refractivity (Wildman–Crippen MR) is 116 cm³/mol. The molecule has 1 heterocycles. The molecule has 0 bridgehead atoms. The van der Waals surface area contributed by atoms with Gasteiger partial charge in [-0.15, -0.1) is 11.8 Å². The monoisotopic (exact) mass is 399 g/mol. The van der Waals surface area contributed by atoms with Crippen molar-refractivity contribution >= 4 is 23.4 Å². The molecule has 2 aromatic carbocycles. The summed E-state index contributed by atoms with van der Waals surface area (Å²) in [5.74, 6) is 0.866. The summed E-state index contributed by atoms with van der Waals surface area (Å²) < 4.78 is 5.17. The minimum absolute atomic E-state index is 0.0453. The normalized spacial score (nSPS) is 15.9. The molecular formula is C22H29N3O2S. The fourth-order valence-corrected chi connectivity index (χ4v) is 4.03. The number of carbonyl (C=O) groups is 1. The second-order valence-corrected chi connectivity index (χ2v) is 8.52. The van der Waals surface area contributed by atoms with Crippen molar-refractivity contribution < 1.29 is 9.53 Å². The van der Waals surface area contributed by atoms with Gasteiger partial charge >= 0.3 is 0 Å². The molecule has 1 saturated heterocycles. The molecule has 1 amide bonds. The molecule has 1 fully saturated rings. The maximum Gasteiger partial charge on any atom is 0.233 e. The van der Waals surface area contributed by atoms with E-state index in [0.717, 1.165) is 42.4 Å². The Labute approximate surface area is 172 Å². The number of benzene rings is 2. The van der Waals surface area contributed by atoms with E-state index in [9.17, 15) is 4.79 Å². The molecule has 0 aliphatic carbocycles. The summed E-state index contributed by atoms with van der Waals surface area (Å²) in [7, 11) is 3.81. The number of thioether (sulfide) groups is 1. The number of nitrogens with zero attached hydrogens (tertiary/aromatic N) is 2. The topological polar surface area (TPSA) is 44.8 Å². The van der Waals surface area contributed by atoms with Crippen molar-refractivity contribution in [1.82, 2.24) is 10.2 Å². The average Bonchev–Trinajstić information content (AvgIpc) is 2.73. The zero-order valence-corrected chi connectivity index (χ0v) is 17.7. The molecule has 150 valence electrons. The Morgan fingerprint density at radius 1 is 1.07 bits per heavy atom. The number of ether oxygens (including phenoxy) is 1. The SMILES string of the molecule is COc1ccc(S[C@H](C)C(=O)NCc2ccc(N3CCN(C)CC3)cc2)cc1. The Kier molecular flexibility index (Phi) is 7.23. The second kappa shape index (κ2) is 9.85. The Morgan fingerprint density at radius 2 is 1.71 bits per heavy atom. The number of carbonyl (C=O) groups excluding carboxylic acids is 1. The minimum atomic E-state index is -0.155. The summed E-state index contributed by atoms with van der Waals surface area (Å²) in [5.41, 5.74) is 2.37. The molecule has 28 heavy (non-hydrogen) atoms. The van der Waals surface area contributed by atoms with Gasteiger partial charge in [-0.3, -0.25) is 4.79 Å². The van der Waals surface area contributed by atoms with Crippen LogP contribution in [0.2, 0.25) is 0 Å². The summed E-state index contributed by atoms with van der Waals surface area (Å²) in [6, 6.07) is 16.3. The third-order valence-electron chi connectivity index (χ3n) is 5.01. The molecule has 0 aromatic heterocycles. The van der Waals surface area contributed by atoms with Crippen LogP contribution in [0.1, 0.15) is 12.5 Å². The number of anilines is 1. The van der Waals surface area contributed by atoms with Crippen LogP contribution in [0.3, 0.4) is 0 Å². The van der Waals surface area contributed by atoms with E-state index in [2.05, 4.69) is 46.4 Å². The number of hydrogen-bond acceptors (Lipinski definition) is 5. The van der Waals surface area contributed by atoms with Gasteiger partial charge in [-0.05, 0) is 55.9 Å². The van der Waals surface area contributed by atoms with Crippen molar-refractivity contribution in [2.45, 2.75) is 23.6 Å². The third-order valence-corrected chi connectivity index (χ3v) is 6.12. The first-order valence-electron chi connectivity index (χ1n) is 9.66. The van der Waals surface area contributed by atoms with Crippen molar-refractivity contribution in [3.8, 4) is 5.75 Å². The molecule has 0 spiro atoms. The Balaban J connectivity index is 1.46. The highest BCUT2D eigenvalue weighted by atomic mass is 32.2. The van der Waals surface area contributed by atoms with Gasteiger partial charge < -0.3 is 19.9 Å². The fourth-order valence-electron chi connectivity index (χ4n) is 3.13. The highest BCUT2D eigenvalue weighted by Crippen LogP contribution is 2.25. The van der Waals surface area contributed by atoms with Gasteiger partial charge in [0.15, 0.2) is 0 Å². The van der Waals surface area contributed by atoms with E-state index in [-0.39, 0.29) is 11.2 Å². The van der Waals surface area contributed by atoms with Crippen LogP contribution in [0.15, 0.2) is 53.4 Å². The minimum Gasteiger partial charge on any atom is -0.497 e. The van der Waals surface area contributed by atoms with Crippen LogP contribution in [-0.2, 0) is 11.3 Å². The maximum atomic E-state index is 12.4. The molecule has 6 heteroatoms. The van der Waals surface area contributed by atoms with Crippen LogP contribution < -0.4 is 15.0 Å². The lowest BCUT2D eigenvalue weighted by atomic mass is 10.1. The first-order chi connectivity index (χ1) is 13.5. The van der Waals surface area contributed by atoms with E-state index in [1.165, 1.54) is 5.69 Å². The van der Waals surface area contributed by atoms with Crippen molar-refractivity contribution in [1.29, 1.82) is 0 Å². The first-order valence-corrected chi connectivity index (χ1v) is 10.5. The van der Waals surface area contributed by atoms with E-state index in [0.29, 0.717) is 6.54 Å². The van der Waals surface area contributed by atoms with Gasteiger partial charge in [-0.1, -0.05) is 12.1 Å². The van der Waals surface area contributed by atoms with Crippen LogP contribution >= 0.6 is 11.8 Å². The lowest BCUT2D eigenvalue weighted by molar-refractivity contribution is -0.120. The molecule has 1 aliphatic rings. The molecular weight excluding hydrogens is 370 g/mol. The van der Waals surface area contributed by atoms with E-state index in [1.54, 1.807) is 18.9 Å². The van der Waals surface area contributed by atoms with Crippen LogP contribution in [0.25, 0.3) is 0 Å². The van der Waals surface area contributed by atoms with Crippen molar-refractivity contribution in [2.75, 3.05) is 45.2 Å². The molecule has 5 nitrogen and oxygen atoms in total. The number of rotatable bonds is 7. The summed E-state index contributed by atoms with van der Waals surface area (Å²) in [5, 5.41) is 2.89. The fraction of sp³-hybridized carbons (Fsp3) is 0.409. The third kappa shape index (κ3) is 5.66. The Bertz CT molecular complexity index is 756. The molecule has 0 saturated carbocycles. The number of likely N-dealkylation sites (N-methyl/N-ethyl adjacent to an activating group) is 1. The summed E-state index contributed by atoms with van der Waals surface area (Å²) in [4.78, 5) is 18.2. The van der Waals surface area contributed by atoms with Crippen molar-refractivity contribution in [3.63, 3.8) is 0 Å². The van der Waals surface area contributed by atoms with Crippen LogP contribution in [0, 0.1) is 0 Å². The van der Waals surface area contributed by atoms with Gasteiger partial charge in [0.05, 0.1) is 12.4 Å². The highest BCUT2D eigenvalue weighted by molar-refractivity contribution is 8.00. The summed E-state index contributed by atoms with van der Waals surface area (Å²) in [6.07, 6.45) is 0. The number of methoxy groups -OCH3 is 1. The maximum absolute atomic E-state index is 12.4. The van der Waals surface area contributed by atoms with Gasteiger partial charge in [0.2, 0.25) is 5.91 Å². The molecule has 1 N–H and O–H groups in total. The van der Waals surface area contributed by atoms with Crippen molar-refractivity contribution in [3.05, 3.63) is 54.1 Å². The molecule has 3 rings (SSSR count). The first kappa shape index (κ1) is 20.6. The van der Waals surface area contributed by atoms with Crippen LogP contribution in [0.4, 0.5) is 5.69 Å². The number of piperazine rings is 1. The van der Waals surface area contributed by atoms with Crippen LogP contribution in [0.5, 0.6) is 5.75 Å². The van der Waals surface area contributed by atoms with E-state index in [1.807, 2.05) is 31.2 Å². The molecule has 0 radical (unpaired) electrons. The predicted octanol–water partition coefficient (Wildman–Crippen LogP) is 3.24. The van der Waals surface area contributed by atoms with E-state index >= 15 is 0 Å². The Morgan fingerprint density at radius 3 is 2.32 bits per heavy atom. The molecule has 2 aromatic rings. The standard InChI is InChI=1S/C22H29N3O2S/c1-17(28-21-10-8-20(27-3)9-11-21)22(26)23-16-18-4-6-19(7-5-18)25-14-12-24(2)13-15-25/h4-11,17H,12-16H2,1-3H3,(H,23,26)/t17-/m1/s1. The largest absolute Gasteiger partial charge is 0.497 e. The number of nitrogens with one attached hydrogen (secondary N) is 1. The summed E-state index contributed by atoms with van der Waals surface area (Å²) >= 11 is 1.55. The van der Waals surface area contributed by atoms with Gasteiger partial charge in [-0.25, -0.2) is 0 Å². The Hall–Kier alpha value is -2.18. The molecule has 1 atom stereocenters. The smallest absolute Gasteiger partial charge is 0.233 e. The quantitative estimate of drug-likeness (QED) is 0.724. The second-order valence-electron chi connectivity index (χ2n) is 7.11. The number of amides is 1. The van der Waals surface area contributed by atoms with Gasteiger partial charge in [0.25, 0.3) is 0 Å².